The van der Waals surface area contributed by atoms with Crippen LogP contribution in [-0.2, 0) is 13.6 Å². The third-order valence-electron chi connectivity index (χ3n) is 4.16. The molecule has 96 valence electrons. The first kappa shape index (κ1) is 10.6. The van der Waals surface area contributed by atoms with Gasteiger partial charge < -0.3 is 0 Å². The highest BCUT2D eigenvalue weighted by molar-refractivity contribution is 7.24. The third-order valence-corrected chi connectivity index (χ3v) is 5.29. The van der Waals surface area contributed by atoms with Crippen LogP contribution in [-0.4, -0.2) is 9.55 Å². The fraction of sp³-hybridized carbons (Fsp3) is 0.125. The van der Waals surface area contributed by atoms with Crippen LogP contribution in [0, 0.1) is 0 Å². The molecule has 0 unspecified atom stereocenters. The quantitative estimate of drug-likeness (QED) is 0.399. The van der Waals surface area contributed by atoms with Gasteiger partial charge in [-0.3, -0.25) is 0 Å². The SMILES string of the molecule is Cn1c2[n+](c3sc4ncccc4c31)Cc1ccccc1-2. The van der Waals surface area contributed by atoms with Crippen LogP contribution < -0.4 is 4.57 Å². The highest BCUT2D eigenvalue weighted by atomic mass is 32.1. The minimum atomic E-state index is 0.968. The lowest BCUT2D eigenvalue weighted by molar-refractivity contribution is -0.644. The van der Waals surface area contributed by atoms with E-state index in [-0.39, 0.29) is 0 Å². The first-order valence-corrected chi connectivity index (χ1v) is 7.50. The van der Waals surface area contributed by atoms with Crippen molar-refractivity contribution in [3.63, 3.8) is 0 Å². The molecule has 0 radical (unpaired) electrons. The van der Waals surface area contributed by atoms with Crippen molar-refractivity contribution >= 4 is 31.9 Å². The van der Waals surface area contributed by atoms with Gasteiger partial charge in [0.2, 0.25) is 4.83 Å². The fourth-order valence-electron chi connectivity index (χ4n) is 3.32. The first-order valence-electron chi connectivity index (χ1n) is 6.68. The van der Waals surface area contributed by atoms with E-state index in [0.717, 1.165) is 11.4 Å². The lowest BCUT2D eigenvalue weighted by Crippen LogP contribution is -2.30. The average molecular weight is 278 g/mol. The molecular weight excluding hydrogens is 266 g/mol. The fourth-order valence-corrected chi connectivity index (χ4v) is 4.49. The van der Waals surface area contributed by atoms with Crippen molar-refractivity contribution in [2.45, 2.75) is 6.54 Å². The number of thiophene rings is 1. The van der Waals surface area contributed by atoms with Gasteiger partial charge in [-0.05, 0) is 18.2 Å². The summed E-state index contributed by atoms with van der Waals surface area (Å²) >= 11 is 1.79. The Morgan fingerprint density at radius 1 is 1.20 bits per heavy atom. The van der Waals surface area contributed by atoms with Gasteiger partial charge in [0.15, 0.2) is 5.52 Å². The lowest BCUT2D eigenvalue weighted by atomic mass is 10.1. The zero-order valence-corrected chi connectivity index (χ0v) is 11.8. The number of aromatic nitrogens is 3. The zero-order valence-electron chi connectivity index (χ0n) is 11.0. The van der Waals surface area contributed by atoms with Crippen LogP contribution in [0.1, 0.15) is 5.56 Å². The molecule has 4 aromatic rings. The standard InChI is InChI=1S/C16H12N3S/c1-18-13-12-7-4-8-17-14(12)20-16(13)19-9-10-5-2-3-6-11(10)15(18)19/h2-8H,9H2,1H3/q+1. The van der Waals surface area contributed by atoms with Crippen LogP contribution >= 0.6 is 11.3 Å². The highest BCUT2D eigenvalue weighted by Gasteiger charge is 2.34. The number of benzene rings is 1. The second kappa shape index (κ2) is 3.46. The number of pyridine rings is 1. The second-order valence-corrected chi connectivity index (χ2v) is 6.22. The first-order chi connectivity index (χ1) is 9.84. The van der Waals surface area contributed by atoms with Crippen LogP contribution in [0.25, 0.3) is 32.0 Å². The molecule has 0 bridgehead atoms. The normalized spacial score (nSPS) is 13.1. The van der Waals surface area contributed by atoms with Crippen molar-refractivity contribution in [3.05, 3.63) is 48.2 Å². The van der Waals surface area contributed by atoms with Gasteiger partial charge in [0.05, 0.1) is 18.0 Å². The van der Waals surface area contributed by atoms with Crippen LogP contribution in [0.15, 0.2) is 42.6 Å². The lowest BCUT2D eigenvalue weighted by Gasteiger charge is -1.95. The second-order valence-electron chi connectivity index (χ2n) is 5.24. The van der Waals surface area contributed by atoms with E-state index in [9.17, 15) is 0 Å². The molecule has 0 N–H and O–H groups in total. The molecule has 4 heterocycles. The van der Waals surface area contributed by atoms with Crippen molar-refractivity contribution in [1.82, 2.24) is 9.55 Å². The van der Waals surface area contributed by atoms with E-state index >= 15 is 0 Å². The molecule has 0 aliphatic carbocycles. The minimum Gasteiger partial charge on any atom is -0.245 e. The molecule has 1 aliphatic heterocycles. The molecule has 1 aliphatic rings. The molecule has 0 saturated carbocycles. The van der Waals surface area contributed by atoms with Gasteiger partial charge in [0.1, 0.15) is 11.4 Å². The monoisotopic (exact) mass is 278 g/mol. The van der Waals surface area contributed by atoms with Crippen LogP contribution in [0.5, 0.6) is 0 Å². The summed E-state index contributed by atoms with van der Waals surface area (Å²) in [5.41, 5.74) is 4.07. The zero-order chi connectivity index (χ0) is 13.3. The summed E-state index contributed by atoms with van der Waals surface area (Å²) < 4.78 is 4.74. The van der Waals surface area contributed by atoms with Gasteiger partial charge >= 0.3 is 0 Å². The predicted molar refractivity (Wildman–Crippen MR) is 80.8 cm³/mol. The van der Waals surface area contributed by atoms with Gasteiger partial charge in [0.25, 0.3) is 5.82 Å². The van der Waals surface area contributed by atoms with Gasteiger partial charge in [-0.25, -0.2) is 14.1 Å². The van der Waals surface area contributed by atoms with E-state index in [2.05, 4.69) is 51.5 Å². The van der Waals surface area contributed by atoms with Gasteiger partial charge in [0, 0.05) is 11.8 Å². The van der Waals surface area contributed by atoms with E-state index in [1.165, 1.54) is 32.7 Å². The maximum absolute atomic E-state index is 4.50. The van der Waals surface area contributed by atoms with Crippen LogP contribution in [0.2, 0.25) is 0 Å². The molecule has 1 aromatic carbocycles. The Morgan fingerprint density at radius 3 is 3.05 bits per heavy atom. The van der Waals surface area contributed by atoms with E-state index in [4.69, 9.17) is 0 Å². The maximum Gasteiger partial charge on any atom is 0.291 e. The molecule has 0 spiro atoms. The van der Waals surface area contributed by atoms with Crippen molar-refractivity contribution < 1.29 is 4.57 Å². The number of fused-ring (bicyclic) bond motifs is 7. The minimum absolute atomic E-state index is 0.968. The number of hydrogen-bond donors (Lipinski definition) is 0. The number of imidazole rings is 1. The van der Waals surface area contributed by atoms with E-state index in [0.29, 0.717) is 0 Å². The smallest absolute Gasteiger partial charge is 0.245 e. The van der Waals surface area contributed by atoms with Gasteiger partial charge in [-0.1, -0.05) is 29.5 Å². The molecule has 4 heteroatoms. The number of nitrogens with zero attached hydrogens (tertiary/aromatic N) is 3. The molecule has 0 atom stereocenters. The Morgan fingerprint density at radius 2 is 2.10 bits per heavy atom. The van der Waals surface area contributed by atoms with E-state index in [1.54, 1.807) is 11.3 Å². The molecule has 0 amide bonds. The van der Waals surface area contributed by atoms with Gasteiger partial charge in [-0.15, -0.1) is 0 Å². The Hall–Kier alpha value is -2.20. The van der Waals surface area contributed by atoms with Gasteiger partial charge in [-0.2, -0.15) is 0 Å². The number of aryl methyl sites for hydroxylation is 1. The summed E-state index contributed by atoms with van der Waals surface area (Å²) in [6.45, 7) is 0.968. The Bertz CT molecular complexity index is 994. The number of hydrogen-bond acceptors (Lipinski definition) is 2. The summed E-state index contributed by atoms with van der Waals surface area (Å²) in [5.74, 6) is 1.31. The summed E-state index contributed by atoms with van der Waals surface area (Å²) in [6.07, 6.45) is 1.87. The maximum atomic E-state index is 4.50. The molecule has 3 nitrogen and oxygen atoms in total. The Kier molecular flexibility index (Phi) is 1.83. The summed E-state index contributed by atoms with van der Waals surface area (Å²) in [7, 11) is 2.16. The van der Waals surface area contributed by atoms with Crippen LogP contribution in [0.3, 0.4) is 0 Å². The summed E-state index contributed by atoms with van der Waals surface area (Å²) in [6, 6.07) is 12.9. The Labute approximate surface area is 119 Å². The molecule has 0 fully saturated rings. The Balaban J connectivity index is 1.98. The summed E-state index contributed by atoms with van der Waals surface area (Å²) in [4.78, 5) is 6.95. The van der Waals surface area contributed by atoms with Crippen molar-refractivity contribution in [2.24, 2.45) is 7.05 Å². The predicted octanol–water partition coefficient (Wildman–Crippen LogP) is 3.10. The third kappa shape index (κ3) is 1.11. The summed E-state index contributed by atoms with van der Waals surface area (Å²) in [5, 5.41) is 1.26. The molecule has 3 aromatic heterocycles. The van der Waals surface area contributed by atoms with Crippen molar-refractivity contribution in [1.29, 1.82) is 0 Å². The molecule has 20 heavy (non-hydrogen) atoms. The average Bonchev–Trinajstić information content (AvgIpc) is 3.10. The van der Waals surface area contributed by atoms with E-state index < -0.39 is 0 Å². The van der Waals surface area contributed by atoms with Crippen molar-refractivity contribution in [3.8, 4) is 11.4 Å². The van der Waals surface area contributed by atoms with Crippen LogP contribution in [0.4, 0.5) is 0 Å². The topological polar surface area (TPSA) is 21.7 Å². The van der Waals surface area contributed by atoms with Crippen molar-refractivity contribution in [2.75, 3.05) is 0 Å². The largest absolute Gasteiger partial charge is 0.291 e. The highest BCUT2D eigenvalue weighted by Crippen LogP contribution is 2.37. The van der Waals surface area contributed by atoms with E-state index in [1.807, 2.05) is 12.3 Å². The molecular formula is C16H12N3S+. The number of rotatable bonds is 0. The molecule has 5 rings (SSSR count). The molecule has 0 saturated heterocycles.